The molecule has 0 spiro atoms. The number of nitrogens with one attached hydrogen (secondary N) is 2. The Balaban J connectivity index is 0.00000420. The molecule has 10 heteroatoms. The van der Waals surface area contributed by atoms with E-state index in [4.69, 9.17) is 4.74 Å². The Hall–Kier alpha value is -1.14. The fraction of sp³-hybridized carbons (Fsp3) is 0.842. The number of hydrogen-bond donors (Lipinski definition) is 2. The monoisotopic (exact) mass is 524 g/mol. The normalized spacial score (nSPS) is 20.4. The van der Waals surface area contributed by atoms with E-state index in [1.54, 1.807) is 19.0 Å². The first kappa shape index (κ1) is 25.9. The van der Waals surface area contributed by atoms with E-state index in [0.29, 0.717) is 13.1 Å². The highest BCUT2D eigenvalue weighted by Crippen LogP contribution is 2.11. The van der Waals surface area contributed by atoms with Crippen LogP contribution >= 0.6 is 24.0 Å². The molecule has 2 aliphatic heterocycles. The molecule has 2 heterocycles. The van der Waals surface area contributed by atoms with Crippen molar-refractivity contribution >= 4 is 41.8 Å². The summed E-state index contributed by atoms with van der Waals surface area (Å²) in [4.78, 5) is 34.3. The van der Waals surface area contributed by atoms with Gasteiger partial charge in [0, 0.05) is 59.5 Å². The third kappa shape index (κ3) is 9.47. The van der Waals surface area contributed by atoms with Crippen molar-refractivity contribution in [2.75, 3.05) is 66.5 Å². The molecule has 2 rings (SSSR count). The molecule has 0 bridgehead atoms. The molecule has 0 aromatic rings. The van der Waals surface area contributed by atoms with E-state index in [0.717, 1.165) is 51.6 Å². The van der Waals surface area contributed by atoms with Crippen molar-refractivity contribution in [3.63, 3.8) is 0 Å². The van der Waals surface area contributed by atoms with Crippen LogP contribution in [0.25, 0.3) is 0 Å². The van der Waals surface area contributed by atoms with Crippen LogP contribution in [-0.4, -0.2) is 111 Å². The van der Waals surface area contributed by atoms with Gasteiger partial charge >= 0.3 is 0 Å². The Morgan fingerprint density at radius 3 is 2.45 bits per heavy atom. The van der Waals surface area contributed by atoms with Gasteiger partial charge in [0.2, 0.25) is 11.8 Å². The standard InChI is InChI=1S/C19H36N6O3.HI/c1-15(2)22-17(26)14-24-7-9-25(10-8-24)19(21-13-18(27)23(3)4)20-12-16-6-5-11-28-16;/h15-16H,5-14H2,1-4H3,(H,20,21)(H,22,26);1H. The van der Waals surface area contributed by atoms with E-state index in [1.165, 1.54) is 0 Å². The summed E-state index contributed by atoms with van der Waals surface area (Å²) in [5, 5.41) is 6.32. The van der Waals surface area contributed by atoms with Crippen LogP contribution in [0.3, 0.4) is 0 Å². The topological polar surface area (TPSA) is 89.5 Å². The lowest BCUT2D eigenvalue weighted by Crippen LogP contribution is -2.55. The quantitative estimate of drug-likeness (QED) is 0.276. The van der Waals surface area contributed by atoms with Gasteiger partial charge in [0.25, 0.3) is 0 Å². The summed E-state index contributed by atoms with van der Waals surface area (Å²) < 4.78 is 5.68. The molecule has 9 nitrogen and oxygen atoms in total. The molecule has 2 aliphatic rings. The van der Waals surface area contributed by atoms with E-state index >= 15 is 0 Å². The molecular formula is C19H37IN6O3. The summed E-state index contributed by atoms with van der Waals surface area (Å²) in [6.07, 6.45) is 2.35. The van der Waals surface area contributed by atoms with Crippen molar-refractivity contribution in [3.05, 3.63) is 0 Å². The van der Waals surface area contributed by atoms with Crippen molar-refractivity contribution in [2.45, 2.75) is 38.8 Å². The largest absolute Gasteiger partial charge is 0.376 e. The van der Waals surface area contributed by atoms with Crippen LogP contribution in [0.1, 0.15) is 26.7 Å². The van der Waals surface area contributed by atoms with Crippen LogP contribution in [0.4, 0.5) is 0 Å². The minimum absolute atomic E-state index is 0. The van der Waals surface area contributed by atoms with Gasteiger partial charge in [-0.1, -0.05) is 0 Å². The number of nitrogens with zero attached hydrogens (tertiary/aromatic N) is 4. The number of likely N-dealkylation sites (N-methyl/N-ethyl adjacent to an activating group) is 1. The van der Waals surface area contributed by atoms with E-state index in [2.05, 4.69) is 25.4 Å². The average Bonchev–Trinajstić information content (AvgIpc) is 3.15. The van der Waals surface area contributed by atoms with Crippen LogP contribution in [-0.2, 0) is 14.3 Å². The zero-order valence-corrected chi connectivity index (χ0v) is 20.5. The highest BCUT2D eigenvalue weighted by atomic mass is 127. The summed E-state index contributed by atoms with van der Waals surface area (Å²) in [6, 6.07) is 0.156. The smallest absolute Gasteiger partial charge is 0.243 e. The van der Waals surface area contributed by atoms with Crippen LogP contribution in [0.5, 0.6) is 0 Å². The Kier molecular flexibility index (Phi) is 11.8. The lowest BCUT2D eigenvalue weighted by atomic mass is 10.2. The van der Waals surface area contributed by atoms with Gasteiger partial charge in [0.05, 0.1) is 12.6 Å². The summed E-state index contributed by atoms with van der Waals surface area (Å²) >= 11 is 0. The lowest BCUT2D eigenvalue weighted by Gasteiger charge is -2.36. The highest BCUT2D eigenvalue weighted by molar-refractivity contribution is 14.0. The fourth-order valence-electron chi connectivity index (χ4n) is 3.25. The number of carbonyl (C=O) groups is 2. The zero-order valence-electron chi connectivity index (χ0n) is 18.1. The van der Waals surface area contributed by atoms with Crippen LogP contribution in [0.15, 0.2) is 4.99 Å². The van der Waals surface area contributed by atoms with E-state index < -0.39 is 0 Å². The second kappa shape index (κ2) is 13.2. The molecule has 0 aromatic heterocycles. The molecule has 1 unspecified atom stereocenters. The van der Waals surface area contributed by atoms with Gasteiger partial charge in [-0.3, -0.25) is 14.5 Å². The highest BCUT2D eigenvalue weighted by Gasteiger charge is 2.23. The van der Waals surface area contributed by atoms with Crippen LogP contribution in [0.2, 0.25) is 0 Å². The number of halogens is 1. The Morgan fingerprint density at radius 2 is 1.90 bits per heavy atom. The predicted molar refractivity (Wildman–Crippen MR) is 125 cm³/mol. The van der Waals surface area contributed by atoms with E-state index in [9.17, 15) is 9.59 Å². The van der Waals surface area contributed by atoms with Gasteiger partial charge < -0.3 is 25.2 Å². The summed E-state index contributed by atoms with van der Waals surface area (Å²) in [6.45, 7) is 9.09. The Labute approximate surface area is 191 Å². The maximum absolute atomic E-state index is 12.0. The molecule has 168 valence electrons. The van der Waals surface area contributed by atoms with E-state index in [-0.39, 0.29) is 54.5 Å². The Bertz CT molecular complexity index is 544. The minimum atomic E-state index is -0.0274. The number of carbonyl (C=O) groups excluding carboxylic acids is 2. The maximum atomic E-state index is 12.0. The number of rotatable bonds is 7. The number of hydrogen-bond acceptors (Lipinski definition) is 5. The van der Waals surface area contributed by atoms with Gasteiger partial charge in [0.15, 0.2) is 5.96 Å². The second-order valence-corrected chi connectivity index (χ2v) is 7.93. The number of piperazine rings is 1. The van der Waals surface area contributed by atoms with Crippen LogP contribution in [0, 0.1) is 0 Å². The van der Waals surface area contributed by atoms with Gasteiger partial charge in [-0.25, -0.2) is 4.99 Å². The molecule has 1 atom stereocenters. The molecule has 2 amide bonds. The zero-order chi connectivity index (χ0) is 20.5. The first-order chi connectivity index (χ1) is 13.3. The van der Waals surface area contributed by atoms with Crippen molar-refractivity contribution in [1.82, 2.24) is 25.3 Å². The number of guanidine groups is 1. The first-order valence-corrected chi connectivity index (χ1v) is 10.2. The van der Waals surface area contributed by atoms with Crippen molar-refractivity contribution in [3.8, 4) is 0 Å². The Morgan fingerprint density at radius 1 is 1.21 bits per heavy atom. The third-order valence-corrected chi connectivity index (χ3v) is 4.86. The van der Waals surface area contributed by atoms with Crippen molar-refractivity contribution in [2.24, 2.45) is 4.99 Å². The maximum Gasteiger partial charge on any atom is 0.243 e. The molecule has 0 aliphatic carbocycles. The van der Waals surface area contributed by atoms with Gasteiger partial charge in [-0.2, -0.15) is 0 Å². The molecule has 0 saturated carbocycles. The molecule has 2 fully saturated rings. The molecule has 0 radical (unpaired) electrons. The summed E-state index contributed by atoms with van der Waals surface area (Å²) in [7, 11) is 3.47. The lowest BCUT2D eigenvalue weighted by molar-refractivity contribution is -0.127. The molecule has 0 aromatic carbocycles. The van der Waals surface area contributed by atoms with E-state index in [1.807, 2.05) is 13.8 Å². The SMILES string of the molecule is CC(C)NC(=O)CN1CCN(C(=NCC(=O)N(C)C)NCC2CCCO2)CC1.I. The molecule has 2 N–H and O–H groups in total. The second-order valence-electron chi connectivity index (χ2n) is 7.93. The molecular weight excluding hydrogens is 487 g/mol. The molecule has 2 saturated heterocycles. The number of amides is 2. The van der Waals surface area contributed by atoms with Crippen molar-refractivity contribution in [1.29, 1.82) is 0 Å². The third-order valence-electron chi connectivity index (χ3n) is 4.86. The average molecular weight is 524 g/mol. The van der Waals surface area contributed by atoms with Crippen molar-refractivity contribution < 1.29 is 14.3 Å². The minimum Gasteiger partial charge on any atom is -0.376 e. The van der Waals surface area contributed by atoms with Gasteiger partial charge in [-0.05, 0) is 26.7 Å². The van der Waals surface area contributed by atoms with Gasteiger partial charge in [0.1, 0.15) is 6.54 Å². The molecule has 29 heavy (non-hydrogen) atoms. The predicted octanol–water partition coefficient (Wildman–Crippen LogP) is -0.0406. The summed E-state index contributed by atoms with van der Waals surface area (Å²) in [5.74, 6) is 0.780. The fourth-order valence-corrected chi connectivity index (χ4v) is 3.25. The van der Waals surface area contributed by atoms with Crippen LogP contribution < -0.4 is 10.6 Å². The van der Waals surface area contributed by atoms with Gasteiger partial charge in [-0.15, -0.1) is 24.0 Å². The number of aliphatic imine (C=N–C) groups is 1. The number of ether oxygens (including phenoxy) is 1. The summed E-state index contributed by atoms with van der Waals surface area (Å²) in [5.41, 5.74) is 0. The first-order valence-electron chi connectivity index (χ1n) is 10.2.